The molecule has 4 amide bonds. The number of ether oxygens (including phenoxy) is 1. The van der Waals surface area contributed by atoms with Crippen LogP contribution in [0.4, 0.5) is 4.79 Å². The highest BCUT2D eigenvalue weighted by atomic mass is 16.5. The molecule has 0 fully saturated rings. The topological polar surface area (TPSA) is 244 Å². The van der Waals surface area contributed by atoms with E-state index in [1.807, 2.05) is 5.32 Å². The van der Waals surface area contributed by atoms with Gasteiger partial charge in [-0.05, 0) is 6.08 Å². The Labute approximate surface area is 175 Å². The molecule has 1 aliphatic rings. The maximum Gasteiger partial charge on any atom is 0.370 e. The highest BCUT2D eigenvalue weighted by Gasteiger charge is 2.44. The predicted molar refractivity (Wildman–Crippen MR) is 98.3 cm³/mol. The molecule has 31 heavy (non-hydrogen) atoms. The van der Waals surface area contributed by atoms with Crippen molar-refractivity contribution in [1.29, 1.82) is 0 Å². The number of nitrogens with one attached hydrogen (secondary N) is 4. The first-order valence-electron chi connectivity index (χ1n) is 8.85. The van der Waals surface area contributed by atoms with Crippen molar-refractivity contribution < 1.29 is 54.2 Å². The van der Waals surface area contributed by atoms with Gasteiger partial charge in [0.05, 0.1) is 25.2 Å². The third kappa shape index (κ3) is 8.07. The van der Waals surface area contributed by atoms with Crippen LogP contribution in [-0.4, -0.2) is 105 Å². The molecule has 0 saturated carbocycles. The predicted octanol–water partition coefficient (Wildman–Crippen LogP) is -4.56. The molecule has 1 aliphatic heterocycles. The summed E-state index contributed by atoms with van der Waals surface area (Å²) < 4.78 is 5.14. The van der Waals surface area contributed by atoms with Crippen LogP contribution in [0.3, 0.4) is 0 Å². The van der Waals surface area contributed by atoms with E-state index in [-0.39, 0.29) is 0 Å². The summed E-state index contributed by atoms with van der Waals surface area (Å²) in [6, 6.07) is -3.55. The lowest BCUT2D eigenvalue weighted by molar-refractivity contribution is -0.146. The first-order chi connectivity index (χ1) is 14.5. The number of carboxylic acids is 2. The van der Waals surface area contributed by atoms with Crippen molar-refractivity contribution in [3.8, 4) is 0 Å². The number of aliphatic carboxylic acids is 2. The normalized spacial score (nSPS) is 22.1. The molecule has 0 aliphatic carbocycles. The molecule has 15 heteroatoms. The van der Waals surface area contributed by atoms with E-state index in [1.54, 1.807) is 0 Å². The largest absolute Gasteiger partial charge is 0.480 e. The Morgan fingerprint density at radius 2 is 1.71 bits per heavy atom. The number of aliphatic hydroxyl groups excluding tert-OH is 3. The summed E-state index contributed by atoms with van der Waals surface area (Å²) in [5, 5.41) is 55.5. The molecule has 0 saturated heterocycles. The third-order valence-electron chi connectivity index (χ3n) is 3.98. The van der Waals surface area contributed by atoms with Gasteiger partial charge in [0.15, 0.2) is 0 Å². The van der Waals surface area contributed by atoms with Crippen LogP contribution in [0.2, 0.25) is 0 Å². The molecule has 1 heterocycles. The van der Waals surface area contributed by atoms with Gasteiger partial charge < -0.3 is 51.5 Å². The number of carbonyl (C=O) groups is 5. The zero-order valence-corrected chi connectivity index (χ0v) is 16.3. The lowest BCUT2D eigenvalue weighted by Gasteiger charge is -2.40. The molecule has 0 spiro atoms. The summed E-state index contributed by atoms with van der Waals surface area (Å²) in [6.45, 7) is -1.07. The summed E-state index contributed by atoms with van der Waals surface area (Å²) in [7, 11) is 0. The molecule has 5 atom stereocenters. The second-order valence-corrected chi connectivity index (χ2v) is 6.41. The molecule has 174 valence electrons. The zero-order valence-electron chi connectivity index (χ0n) is 16.3. The van der Waals surface area contributed by atoms with Crippen molar-refractivity contribution in [2.24, 2.45) is 0 Å². The molecule has 0 radical (unpaired) electrons. The average molecular weight is 448 g/mol. The van der Waals surface area contributed by atoms with Crippen LogP contribution in [0, 0.1) is 0 Å². The number of urea groups is 1. The van der Waals surface area contributed by atoms with Crippen molar-refractivity contribution in [2.75, 3.05) is 19.7 Å². The highest BCUT2D eigenvalue weighted by molar-refractivity contribution is 5.87. The maximum atomic E-state index is 12.1. The van der Waals surface area contributed by atoms with Gasteiger partial charge in [0, 0.05) is 6.92 Å². The fourth-order valence-electron chi connectivity index (χ4n) is 2.60. The Hall–Kier alpha value is -3.43. The van der Waals surface area contributed by atoms with Crippen LogP contribution in [-0.2, 0) is 23.9 Å². The van der Waals surface area contributed by atoms with E-state index >= 15 is 0 Å². The van der Waals surface area contributed by atoms with E-state index in [2.05, 4.69) is 16.0 Å². The lowest BCUT2D eigenvalue weighted by Crippen LogP contribution is -2.64. The Morgan fingerprint density at radius 1 is 1.06 bits per heavy atom. The number of amides is 4. The van der Waals surface area contributed by atoms with Crippen molar-refractivity contribution in [3.63, 3.8) is 0 Å². The van der Waals surface area contributed by atoms with Crippen LogP contribution in [0.15, 0.2) is 11.8 Å². The fraction of sp³-hybridized carbons (Fsp3) is 0.562. The number of rotatable bonds is 10. The molecule has 1 rings (SSSR count). The number of carbonyl (C=O) groups excluding carboxylic acids is 3. The van der Waals surface area contributed by atoms with E-state index in [0.29, 0.717) is 0 Å². The van der Waals surface area contributed by atoms with Crippen molar-refractivity contribution in [3.05, 3.63) is 11.8 Å². The molecule has 0 aromatic heterocycles. The number of carboxylic acid groups (broad SMARTS) is 2. The van der Waals surface area contributed by atoms with Gasteiger partial charge in [-0.2, -0.15) is 0 Å². The van der Waals surface area contributed by atoms with Gasteiger partial charge in [0.1, 0.15) is 24.9 Å². The van der Waals surface area contributed by atoms with Gasteiger partial charge in [0.2, 0.25) is 17.6 Å². The van der Waals surface area contributed by atoms with Crippen LogP contribution < -0.4 is 21.3 Å². The van der Waals surface area contributed by atoms with E-state index in [9.17, 15) is 39.3 Å². The molecule has 0 bridgehead atoms. The van der Waals surface area contributed by atoms with Crippen molar-refractivity contribution in [1.82, 2.24) is 21.3 Å². The average Bonchev–Trinajstić information content (AvgIpc) is 2.69. The van der Waals surface area contributed by atoms with Gasteiger partial charge in [-0.15, -0.1) is 0 Å². The van der Waals surface area contributed by atoms with Crippen molar-refractivity contribution >= 4 is 29.8 Å². The first kappa shape index (κ1) is 25.6. The Balaban J connectivity index is 3.00. The summed E-state index contributed by atoms with van der Waals surface area (Å²) >= 11 is 0. The van der Waals surface area contributed by atoms with Crippen molar-refractivity contribution in [2.45, 2.75) is 37.3 Å². The molecule has 0 unspecified atom stereocenters. The summed E-state index contributed by atoms with van der Waals surface area (Å²) in [6.07, 6.45) is -4.24. The number of hydrogen-bond donors (Lipinski definition) is 9. The van der Waals surface area contributed by atoms with Gasteiger partial charge in [0.25, 0.3) is 0 Å². The van der Waals surface area contributed by atoms with Gasteiger partial charge in [-0.1, -0.05) is 0 Å². The maximum absolute atomic E-state index is 12.1. The minimum atomic E-state index is -1.85. The minimum Gasteiger partial charge on any atom is -0.480 e. The number of hydrogen-bond acceptors (Lipinski definition) is 9. The second-order valence-electron chi connectivity index (χ2n) is 6.41. The van der Waals surface area contributed by atoms with Gasteiger partial charge in [-0.3, -0.25) is 14.4 Å². The monoisotopic (exact) mass is 448 g/mol. The molecule has 15 nitrogen and oxygen atoms in total. The zero-order chi connectivity index (χ0) is 23.7. The first-order valence-corrected chi connectivity index (χ1v) is 8.85. The van der Waals surface area contributed by atoms with Crippen LogP contribution >= 0.6 is 0 Å². The lowest BCUT2D eigenvalue weighted by atomic mass is 9.92. The minimum absolute atomic E-state index is 0.613. The van der Waals surface area contributed by atoms with Gasteiger partial charge in [-0.25, -0.2) is 9.59 Å². The molecular formula is C16H24N4O11. The molecule has 9 N–H and O–H groups in total. The van der Waals surface area contributed by atoms with E-state index < -0.39 is 85.6 Å². The highest BCUT2D eigenvalue weighted by Crippen LogP contribution is 2.23. The Bertz CT molecular complexity index is 741. The Kier molecular flexibility index (Phi) is 9.65. The SMILES string of the molecule is CC(=O)N[C@H]1[C@H]([C@H](O)[C@H](O)CO)OC(C(=O)O)=C[C@@H]1NC(=O)NCC(=O)NCC(=O)O. The van der Waals surface area contributed by atoms with E-state index in [1.165, 1.54) is 0 Å². The molecular weight excluding hydrogens is 424 g/mol. The molecule has 0 aromatic carbocycles. The fourth-order valence-corrected chi connectivity index (χ4v) is 2.60. The molecule has 0 aromatic rings. The standard InChI is InChI=1S/C16H24N4O11/c1-6(22)19-12-7(20-16(30)18-3-10(24)17-4-11(25)26)2-9(15(28)29)31-14(12)13(27)8(23)5-21/h2,7-8,12-14,21,23,27H,3-5H2,1H3,(H,17,24)(H,19,22)(H,25,26)(H,28,29)(H2,18,20,30)/t7-,8+,12+,13+,14+/m0/s1. The smallest absolute Gasteiger partial charge is 0.370 e. The second kappa shape index (κ2) is 11.7. The van der Waals surface area contributed by atoms with Gasteiger partial charge >= 0.3 is 18.0 Å². The third-order valence-corrected chi connectivity index (χ3v) is 3.98. The summed E-state index contributed by atoms with van der Waals surface area (Å²) in [4.78, 5) is 56.9. The number of aliphatic hydroxyl groups is 3. The Morgan fingerprint density at radius 3 is 2.23 bits per heavy atom. The van der Waals surface area contributed by atoms with Crippen LogP contribution in [0.25, 0.3) is 0 Å². The van der Waals surface area contributed by atoms with E-state index in [4.69, 9.17) is 14.9 Å². The summed E-state index contributed by atoms with van der Waals surface area (Å²) in [5.41, 5.74) is 0. The van der Waals surface area contributed by atoms with E-state index in [0.717, 1.165) is 13.0 Å². The quantitative estimate of drug-likeness (QED) is 0.154. The van der Waals surface area contributed by atoms with Crippen LogP contribution in [0.5, 0.6) is 0 Å². The van der Waals surface area contributed by atoms with Crippen LogP contribution in [0.1, 0.15) is 6.92 Å². The summed E-state index contributed by atoms with van der Waals surface area (Å²) in [5.74, 6) is -5.03.